The highest BCUT2D eigenvalue weighted by Crippen LogP contribution is 2.11. The first-order chi connectivity index (χ1) is 9.15. The predicted molar refractivity (Wildman–Crippen MR) is 81.1 cm³/mol. The van der Waals surface area contributed by atoms with E-state index in [4.69, 9.17) is 9.47 Å². The molecule has 1 rings (SSSR count). The van der Waals surface area contributed by atoms with Crippen molar-refractivity contribution < 1.29 is 9.47 Å². The molecule has 0 atom stereocenters. The molecule has 1 aromatic rings. The van der Waals surface area contributed by atoms with Crippen molar-refractivity contribution in [2.75, 3.05) is 13.2 Å². The van der Waals surface area contributed by atoms with E-state index in [1.54, 1.807) is 0 Å². The van der Waals surface area contributed by atoms with E-state index in [1.165, 1.54) is 11.1 Å². The molecule has 0 aliphatic heterocycles. The molecule has 0 saturated heterocycles. The molecule has 0 amide bonds. The lowest BCUT2D eigenvalue weighted by molar-refractivity contribution is -0.103. The van der Waals surface area contributed by atoms with E-state index in [0.717, 1.165) is 6.42 Å². The molecule has 0 bridgehead atoms. The maximum Gasteiger partial charge on any atom is 0.177 e. The minimum absolute atomic E-state index is 0.245. The SMILES string of the molecule is CCOC(/C=C/c1ccc(CC(C)C)cc1)OCC. The van der Waals surface area contributed by atoms with Gasteiger partial charge >= 0.3 is 0 Å². The average molecular weight is 262 g/mol. The molecular formula is C17H26O2. The van der Waals surface area contributed by atoms with Crippen LogP contribution in [0, 0.1) is 5.92 Å². The molecule has 2 heteroatoms. The van der Waals surface area contributed by atoms with Gasteiger partial charge in [-0.25, -0.2) is 0 Å². The zero-order chi connectivity index (χ0) is 14.1. The molecule has 0 unspecified atom stereocenters. The van der Waals surface area contributed by atoms with Gasteiger partial charge in [-0.2, -0.15) is 0 Å². The van der Waals surface area contributed by atoms with Crippen LogP contribution in [-0.4, -0.2) is 19.5 Å². The standard InChI is InChI=1S/C17H26O2/c1-5-18-17(19-6-2)12-11-15-7-9-16(10-8-15)13-14(3)4/h7-12,14,17H,5-6,13H2,1-4H3/b12-11+. The Kier molecular flexibility index (Phi) is 7.46. The predicted octanol–water partition coefficient (Wildman–Crippen LogP) is 4.30. The first-order valence-corrected chi connectivity index (χ1v) is 7.16. The maximum atomic E-state index is 5.47. The van der Waals surface area contributed by atoms with Crippen molar-refractivity contribution >= 4 is 6.08 Å². The number of rotatable bonds is 8. The van der Waals surface area contributed by atoms with Crippen LogP contribution in [0.4, 0.5) is 0 Å². The molecule has 0 fully saturated rings. The second-order valence-corrected chi connectivity index (χ2v) is 4.98. The topological polar surface area (TPSA) is 18.5 Å². The van der Waals surface area contributed by atoms with E-state index in [1.807, 2.05) is 19.9 Å². The summed E-state index contributed by atoms with van der Waals surface area (Å²) in [6, 6.07) is 8.67. The van der Waals surface area contributed by atoms with E-state index in [0.29, 0.717) is 19.1 Å². The molecule has 0 heterocycles. The van der Waals surface area contributed by atoms with Gasteiger partial charge in [-0.05, 0) is 43.4 Å². The normalized spacial score (nSPS) is 11.9. The Labute approximate surface area is 117 Å². The molecule has 1 aromatic carbocycles. The van der Waals surface area contributed by atoms with Gasteiger partial charge in [0, 0.05) is 13.2 Å². The monoisotopic (exact) mass is 262 g/mol. The summed E-state index contributed by atoms with van der Waals surface area (Å²) in [5.41, 5.74) is 2.57. The van der Waals surface area contributed by atoms with Crippen LogP contribution in [0.5, 0.6) is 0 Å². The Morgan fingerprint density at radius 3 is 2.05 bits per heavy atom. The average Bonchev–Trinajstić information content (AvgIpc) is 2.37. The zero-order valence-corrected chi connectivity index (χ0v) is 12.6. The molecule has 0 radical (unpaired) electrons. The fraction of sp³-hybridized carbons (Fsp3) is 0.529. The van der Waals surface area contributed by atoms with Crippen molar-refractivity contribution in [3.8, 4) is 0 Å². The first-order valence-electron chi connectivity index (χ1n) is 7.16. The molecular weight excluding hydrogens is 236 g/mol. The summed E-state index contributed by atoms with van der Waals surface area (Å²) >= 11 is 0. The smallest absolute Gasteiger partial charge is 0.177 e. The van der Waals surface area contributed by atoms with Crippen LogP contribution in [0.3, 0.4) is 0 Å². The quantitative estimate of drug-likeness (QED) is 0.650. The van der Waals surface area contributed by atoms with Gasteiger partial charge in [-0.3, -0.25) is 0 Å². The van der Waals surface area contributed by atoms with Gasteiger partial charge in [-0.15, -0.1) is 0 Å². The molecule has 0 aliphatic carbocycles. The third-order valence-electron chi connectivity index (χ3n) is 2.73. The maximum absolute atomic E-state index is 5.47. The van der Waals surface area contributed by atoms with E-state index in [-0.39, 0.29) is 6.29 Å². The van der Waals surface area contributed by atoms with Crippen molar-refractivity contribution in [1.29, 1.82) is 0 Å². The Morgan fingerprint density at radius 2 is 1.58 bits per heavy atom. The molecule has 0 spiro atoms. The Hall–Kier alpha value is -1.12. The lowest BCUT2D eigenvalue weighted by Gasteiger charge is -2.12. The molecule has 19 heavy (non-hydrogen) atoms. The molecule has 106 valence electrons. The van der Waals surface area contributed by atoms with Crippen molar-refractivity contribution in [2.24, 2.45) is 5.92 Å². The number of hydrogen-bond acceptors (Lipinski definition) is 2. The summed E-state index contributed by atoms with van der Waals surface area (Å²) in [5.74, 6) is 0.696. The fourth-order valence-electron chi connectivity index (χ4n) is 1.91. The minimum atomic E-state index is -0.245. The lowest BCUT2D eigenvalue weighted by Crippen LogP contribution is -2.13. The summed E-state index contributed by atoms with van der Waals surface area (Å²) in [6.07, 6.45) is 4.90. The molecule has 0 aliphatic rings. The highest BCUT2D eigenvalue weighted by atomic mass is 16.7. The lowest BCUT2D eigenvalue weighted by atomic mass is 10.0. The van der Waals surface area contributed by atoms with Crippen LogP contribution >= 0.6 is 0 Å². The fourth-order valence-corrected chi connectivity index (χ4v) is 1.91. The molecule has 0 saturated carbocycles. The van der Waals surface area contributed by atoms with Crippen molar-refractivity contribution in [2.45, 2.75) is 40.4 Å². The summed E-state index contributed by atoms with van der Waals surface area (Å²) in [5, 5.41) is 0. The second kappa shape index (κ2) is 8.89. The van der Waals surface area contributed by atoms with Gasteiger partial charge in [0.15, 0.2) is 6.29 Å². The summed E-state index contributed by atoms with van der Waals surface area (Å²) in [7, 11) is 0. The molecule has 0 aromatic heterocycles. The van der Waals surface area contributed by atoms with E-state index >= 15 is 0 Å². The third-order valence-corrected chi connectivity index (χ3v) is 2.73. The Balaban J connectivity index is 2.59. The first kappa shape index (κ1) is 15.9. The zero-order valence-electron chi connectivity index (χ0n) is 12.6. The van der Waals surface area contributed by atoms with Crippen molar-refractivity contribution in [3.05, 3.63) is 41.5 Å². The van der Waals surface area contributed by atoms with Gasteiger partial charge in [0.05, 0.1) is 0 Å². The van der Waals surface area contributed by atoms with Crippen LogP contribution in [-0.2, 0) is 15.9 Å². The minimum Gasteiger partial charge on any atom is -0.349 e. The second-order valence-electron chi connectivity index (χ2n) is 4.98. The van der Waals surface area contributed by atoms with Crippen LogP contribution in [0.1, 0.15) is 38.8 Å². The van der Waals surface area contributed by atoms with Crippen LogP contribution in [0.15, 0.2) is 30.3 Å². The van der Waals surface area contributed by atoms with Gasteiger partial charge in [0.2, 0.25) is 0 Å². The number of benzene rings is 1. The summed E-state index contributed by atoms with van der Waals surface area (Å²) in [4.78, 5) is 0. The highest BCUT2D eigenvalue weighted by Gasteiger charge is 2.02. The van der Waals surface area contributed by atoms with Crippen molar-refractivity contribution in [1.82, 2.24) is 0 Å². The molecule has 2 nitrogen and oxygen atoms in total. The van der Waals surface area contributed by atoms with Gasteiger partial charge in [0.25, 0.3) is 0 Å². The molecule has 0 N–H and O–H groups in total. The third kappa shape index (κ3) is 6.55. The van der Waals surface area contributed by atoms with Gasteiger partial charge in [0.1, 0.15) is 0 Å². The van der Waals surface area contributed by atoms with Gasteiger partial charge < -0.3 is 9.47 Å². The number of hydrogen-bond donors (Lipinski definition) is 0. The van der Waals surface area contributed by atoms with Crippen LogP contribution < -0.4 is 0 Å². The number of ether oxygens (including phenoxy) is 2. The van der Waals surface area contributed by atoms with E-state index < -0.39 is 0 Å². The van der Waals surface area contributed by atoms with Crippen LogP contribution in [0.25, 0.3) is 6.08 Å². The van der Waals surface area contributed by atoms with E-state index in [9.17, 15) is 0 Å². The Morgan fingerprint density at radius 1 is 1.00 bits per heavy atom. The largest absolute Gasteiger partial charge is 0.349 e. The van der Waals surface area contributed by atoms with E-state index in [2.05, 4.69) is 44.2 Å². The van der Waals surface area contributed by atoms with Crippen molar-refractivity contribution in [3.63, 3.8) is 0 Å². The van der Waals surface area contributed by atoms with Crippen LogP contribution in [0.2, 0.25) is 0 Å². The van der Waals surface area contributed by atoms with Gasteiger partial charge in [-0.1, -0.05) is 44.2 Å². The summed E-state index contributed by atoms with van der Waals surface area (Å²) in [6.45, 7) is 9.73. The highest BCUT2D eigenvalue weighted by molar-refractivity contribution is 5.50. The summed E-state index contributed by atoms with van der Waals surface area (Å²) < 4.78 is 10.9. The Bertz CT molecular complexity index is 359.